The summed E-state index contributed by atoms with van der Waals surface area (Å²) in [6, 6.07) is 14.1. The van der Waals surface area contributed by atoms with Crippen molar-refractivity contribution in [3.63, 3.8) is 0 Å². The Morgan fingerprint density at radius 2 is 1.94 bits per heavy atom. The molecule has 1 amide bonds. The molecule has 86 valence electrons. The Morgan fingerprint density at radius 3 is 2.71 bits per heavy atom. The lowest BCUT2D eigenvalue weighted by molar-refractivity contribution is -0.695. The summed E-state index contributed by atoms with van der Waals surface area (Å²) in [5.74, 6) is 0. The topological polar surface area (TPSA) is 33.0 Å². The first kappa shape index (κ1) is 11.3. The summed E-state index contributed by atoms with van der Waals surface area (Å²) < 4.78 is 2.07. The minimum Gasteiger partial charge on any atom is -0.324 e. The first-order valence-corrected chi connectivity index (χ1v) is 5.62. The zero-order chi connectivity index (χ0) is 11.9. The Labute approximate surface area is 101 Å². The maximum atomic E-state index is 10.3. The van der Waals surface area contributed by atoms with Crippen LogP contribution in [-0.4, -0.2) is 6.41 Å². The highest BCUT2D eigenvalue weighted by molar-refractivity contribution is 5.69. The van der Waals surface area contributed by atoms with Crippen LogP contribution in [0, 0.1) is 0 Å². The van der Waals surface area contributed by atoms with Gasteiger partial charge in [-0.3, -0.25) is 4.79 Å². The zero-order valence-corrected chi connectivity index (χ0v) is 9.54. The highest BCUT2D eigenvalue weighted by Gasteiger charge is 2.02. The van der Waals surface area contributed by atoms with Gasteiger partial charge in [-0.2, -0.15) is 0 Å². The molecular formula is C14H15N2O+. The molecule has 3 nitrogen and oxygen atoms in total. The number of pyridine rings is 1. The first-order chi connectivity index (χ1) is 8.38. The molecule has 0 bridgehead atoms. The van der Waals surface area contributed by atoms with E-state index in [1.807, 2.05) is 42.7 Å². The van der Waals surface area contributed by atoms with E-state index in [0.29, 0.717) is 6.41 Å². The van der Waals surface area contributed by atoms with E-state index in [4.69, 9.17) is 0 Å². The number of nitrogens with zero attached hydrogens (tertiary/aromatic N) is 1. The van der Waals surface area contributed by atoms with E-state index < -0.39 is 0 Å². The number of nitrogens with one attached hydrogen (secondary N) is 1. The summed E-state index contributed by atoms with van der Waals surface area (Å²) in [6.07, 6.45) is 5.60. The molecule has 0 aliphatic carbocycles. The van der Waals surface area contributed by atoms with Gasteiger partial charge in [0.25, 0.3) is 0 Å². The fourth-order valence-corrected chi connectivity index (χ4v) is 1.72. The van der Waals surface area contributed by atoms with Gasteiger partial charge in [-0.05, 0) is 11.6 Å². The highest BCUT2D eigenvalue weighted by Crippen LogP contribution is 2.02. The molecule has 1 heterocycles. The van der Waals surface area contributed by atoms with Crippen molar-refractivity contribution in [1.82, 2.24) is 0 Å². The third kappa shape index (κ3) is 3.41. The second kappa shape index (κ2) is 5.80. The molecule has 1 N–H and O–H groups in total. The number of benzene rings is 1. The molecule has 0 aliphatic rings. The standard InChI is InChI=1S/C14H14N2O/c17-12-15-14-7-4-9-16(11-14)10-8-13-5-2-1-3-6-13/h1-7,9,11-12H,8,10H2/p+1. The lowest BCUT2D eigenvalue weighted by Crippen LogP contribution is -2.34. The fraction of sp³-hybridized carbons (Fsp3) is 0.143. The molecule has 0 fully saturated rings. The van der Waals surface area contributed by atoms with Crippen LogP contribution in [-0.2, 0) is 17.8 Å². The van der Waals surface area contributed by atoms with Gasteiger partial charge in [0.1, 0.15) is 5.69 Å². The van der Waals surface area contributed by atoms with Gasteiger partial charge in [-0.1, -0.05) is 30.3 Å². The molecule has 2 rings (SSSR count). The van der Waals surface area contributed by atoms with Crippen LogP contribution in [0.2, 0.25) is 0 Å². The van der Waals surface area contributed by atoms with Crippen molar-refractivity contribution in [3.05, 3.63) is 60.4 Å². The van der Waals surface area contributed by atoms with Crippen LogP contribution >= 0.6 is 0 Å². The summed E-state index contributed by atoms with van der Waals surface area (Å²) in [5, 5.41) is 2.64. The summed E-state index contributed by atoms with van der Waals surface area (Å²) >= 11 is 0. The third-order valence-corrected chi connectivity index (χ3v) is 2.59. The van der Waals surface area contributed by atoms with Gasteiger partial charge < -0.3 is 5.32 Å². The predicted molar refractivity (Wildman–Crippen MR) is 66.5 cm³/mol. The van der Waals surface area contributed by atoms with Crippen molar-refractivity contribution in [3.8, 4) is 0 Å². The van der Waals surface area contributed by atoms with Crippen molar-refractivity contribution in [2.24, 2.45) is 0 Å². The minimum atomic E-state index is 0.691. The molecule has 0 aliphatic heterocycles. The van der Waals surface area contributed by atoms with Gasteiger partial charge in [-0.15, -0.1) is 0 Å². The van der Waals surface area contributed by atoms with Gasteiger partial charge in [0, 0.05) is 12.5 Å². The zero-order valence-electron chi connectivity index (χ0n) is 9.54. The van der Waals surface area contributed by atoms with Gasteiger partial charge >= 0.3 is 0 Å². The van der Waals surface area contributed by atoms with Crippen LogP contribution in [0.5, 0.6) is 0 Å². The number of carbonyl (C=O) groups is 1. The van der Waals surface area contributed by atoms with E-state index >= 15 is 0 Å². The molecule has 1 aromatic carbocycles. The first-order valence-electron chi connectivity index (χ1n) is 5.62. The van der Waals surface area contributed by atoms with Gasteiger partial charge in [-0.25, -0.2) is 4.57 Å². The number of anilines is 1. The van der Waals surface area contributed by atoms with Crippen LogP contribution in [0.4, 0.5) is 5.69 Å². The molecule has 2 aromatic rings. The van der Waals surface area contributed by atoms with Gasteiger partial charge in [0.2, 0.25) is 6.41 Å². The second-order valence-electron chi connectivity index (χ2n) is 3.83. The summed E-state index contributed by atoms with van der Waals surface area (Å²) in [4.78, 5) is 10.3. The second-order valence-corrected chi connectivity index (χ2v) is 3.83. The van der Waals surface area contributed by atoms with E-state index in [1.54, 1.807) is 0 Å². The molecule has 0 spiro atoms. The summed E-state index contributed by atoms with van der Waals surface area (Å²) in [7, 11) is 0. The molecule has 0 saturated carbocycles. The SMILES string of the molecule is O=CNc1ccc[n+](CCc2ccccc2)c1. The average Bonchev–Trinajstić information content (AvgIpc) is 2.39. The molecule has 3 heteroatoms. The van der Waals surface area contributed by atoms with Gasteiger partial charge in [0.05, 0.1) is 0 Å². The van der Waals surface area contributed by atoms with Crippen LogP contribution in [0.25, 0.3) is 0 Å². The summed E-state index contributed by atoms with van der Waals surface area (Å²) in [5.41, 5.74) is 2.13. The Hall–Kier alpha value is -2.16. The monoisotopic (exact) mass is 227 g/mol. The smallest absolute Gasteiger partial charge is 0.211 e. The molecule has 0 unspecified atom stereocenters. The highest BCUT2D eigenvalue weighted by atomic mass is 16.1. The number of rotatable bonds is 5. The number of hydrogen-bond acceptors (Lipinski definition) is 1. The average molecular weight is 227 g/mol. The van der Waals surface area contributed by atoms with Crippen LogP contribution in [0.15, 0.2) is 54.9 Å². The summed E-state index contributed by atoms with van der Waals surface area (Å²) in [6.45, 7) is 0.901. The normalized spacial score (nSPS) is 9.88. The van der Waals surface area contributed by atoms with E-state index in [2.05, 4.69) is 22.0 Å². The van der Waals surface area contributed by atoms with Crippen LogP contribution in [0.1, 0.15) is 5.56 Å². The third-order valence-electron chi connectivity index (χ3n) is 2.59. The fourth-order valence-electron chi connectivity index (χ4n) is 1.72. The van der Waals surface area contributed by atoms with Crippen molar-refractivity contribution in [2.45, 2.75) is 13.0 Å². The number of amides is 1. The van der Waals surface area contributed by atoms with Crippen LogP contribution < -0.4 is 9.88 Å². The minimum absolute atomic E-state index is 0.691. The lowest BCUT2D eigenvalue weighted by atomic mass is 10.1. The quantitative estimate of drug-likeness (QED) is 0.613. The van der Waals surface area contributed by atoms with Crippen LogP contribution in [0.3, 0.4) is 0 Å². The van der Waals surface area contributed by atoms with E-state index in [1.165, 1.54) is 5.56 Å². The van der Waals surface area contributed by atoms with Crippen molar-refractivity contribution in [1.29, 1.82) is 0 Å². The number of carbonyl (C=O) groups excluding carboxylic acids is 1. The Kier molecular flexibility index (Phi) is 3.86. The Bertz CT molecular complexity index is 483. The molecular weight excluding hydrogens is 212 g/mol. The van der Waals surface area contributed by atoms with E-state index in [-0.39, 0.29) is 0 Å². The molecule has 0 saturated heterocycles. The number of aromatic nitrogens is 1. The number of hydrogen-bond donors (Lipinski definition) is 1. The lowest BCUT2D eigenvalue weighted by Gasteiger charge is -2.00. The predicted octanol–water partition coefficient (Wildman–Crippen LogP) is 1.79. The van der Waals surface area contributed by atoms with E-state index in [0.717, 1.165) is 18.7 Å². The molecule has 0 radical (unpaired) electrons. The number of aryl methyl sites for hydroxylation is 2. The maximum absolute atomic E-state index is 10.3. The Balaban J connectivity index is 1.99. The van der Waals surface area contributed by atoms with Crippen molar-refractivity contribution >= 4 is 12.1 Å². The molecule has 1 aromatic heterocycles. The largest absolute Gasteiger partial charge is 0.324 e. The van der Waals surface area contributed by atoms with E-state index in [9.17, 15) is 4.79 Å². The molecule has 0 atom stereocenters. The van der Waals surface area contributed by atoms with Crippen molar-refractivity contribution < 1.29 is 9.36 Å². The van der Waals surface area contributed by atoms with Gasteiger partial charge in [0.15, 0.2) is 18.9 Å². The molecule has 17 heavy (non-hydrogen) atoms. The van der Waals surface area contributed by atoms with Crippen molar-refractivity contribution in [2.75, 3.05) is 5.32 Å². The Morgan fingerprint density at radius 1 is 1.12 bits per heavy atom. The maximum Gasteiger partial charge on any atom is 0.211 e.